The summed E-state index contributed by atoms with van der Waals surface area (Å²) in [6, 6.07) is 2.16. The van der Waals surface area contributed by atoms with Crippen LogP contribution in [0.1, 0.15) is 58.3 Å². The van der Waals surface area contributed by atoms with Gasteiger partial charge in [0.2, 0.25) is 0 Å². The SMILES string of the molecule is CCCC1CCC(NC)C(N2CCOC3CCCC32)C1. The predicted molar refractivity (Wildman–Crippen MR) is 83.0 cm³/mol. The van der Waals surface area contributed by atoms with Gasteiger partial charge in [-0.05, 0) is 51.5 Å². The molecule has 3 nitrogen and oxygen atoms in total. The second-order valence-electron chi connectivity index (χ2n) is 7.08. The second-order valence-corrected chi connectivity index (χ2v) is 7.08. The highest BCUT2D eigenvalue weighted by molar-refractivity contribution is 4.98. The normalized spacial score (nSPS) is 42.6. The number of ether oxygens (including phenoxy) is 1. The van der Waals surface area contributed by atoms with E-state index < -0.39 is 0 Å². The summed E-state index contributed by atoms with van der Waals surface area (Å²) in [6.07, 6.45) is 11.5. The molecule has 0 aromatic carbocycles. The molecule has 1 saturated heterocycles. The number of rotatable bonds is 4. The summed E-state index contributed by atoms with van der Waals surface area (Å²) in [4.78, 5) is 2.84. The average Bonchev–Trinajstić information content (AvgIpc) is 2.96. The summed E-state index contributed by atoms with van der Waals surface area (Å²) in [5, 5.41) is 3.61. The van der Waals surface area contributed by atoms with Crippen LogP contribution in [0, 0.1) is 5.92 Å². The maximum Gasteiger partial charge on any atom is 0.0731 e. The number of nitrogens with one attached hydrogen (secondary N) is 1. The van der Waals surface area contributed by atoms with Gasteiger partial charge in [-0.3, -0.25) is 4.90 Å². The number of nitrogens with zero attached hydrogens (tertiary/aromatic N) is 1. The third-order valence-electron chi connectivity index (χ3n) is 5.94. The Morgan fingerprint density at radius 2 is 2.05 bits per heavy atom. The average molecular weight is 280 g/mol. The van der Waals surface area contributed by atoms with E-state index in [1.54, 1.807) is 0 Å². The molecule has 3 rings (SSSR count). The molecule has 0 aromatic rings. The molecule has 3 heteroatoms. The lowest BCUT2D eigenvalue weighted by atomic mass is 9.79. The number of fused-ring (bicyclic) bond motifs is 1. The minimum atomic E-state index is 0.535. The van der Waals surface area contributed by atoms with Crippen molar-refractivity contribution in [3.63, 3.8) is 0 Å². The number of hydrogen-bond donors (Lipinski definition) is 1. The zero-order chi connectivity index (χ0) is 13.9. The zero-order valence-corrected chi connectivity index (χ0v) is 13.3. The van der Waals surface area contributed by atoms with Gasteiger partial charge in [-0.25, -0.2) is 0 Å². The first-order chi connectivity index (χ1) is 9.83. The van der Waals surface area contributed by atoms with Crippen molar-refractivity contribution in [3.05, 3.63) is 0 Å². The summed E-state index contributed by atoms with van der Waals surface area (Å²) in [7, 11) is 2.16. The minimum Gasteiger partial charge on any atom is -0.375 e. The van der Waals surface area contributed by atoms with E-state index in [9.17, 15) is 0 Å². The molecule has 1 N–H and O–H groups in total. The molecule has 1 heterocycles. The molecule has 3 aliphatic rings. The van der Waals surface area contributed by atoms with E-state index in [-0.39, 0.29) is 0 Å². The summed E-state index contributed by atoms with van der Waals surface area (Å²) in [5.74, 6) is 0.956. The topological polar surface area (TPSA) is 24.5 Å². The second kappa shape index (κ2) is 6.76. The van der Waals surface area contributed by atoms with E-state index in [1.165, 1.54) is 51.4 Å². The Morgan fingerprint density at radius 3 is 2.85 bits per heavy atom. The third kappa shape index (κ3) is 2.90. The largest absolute Gasteiger partial charge is 0.375 e. The van der Waals surface area contributed by atoms with Crippen LogP contribution in [0.15, 0.2) is 0 Å². The molecule has 20 heavy (non-hydrogen) atoms. The van der Waals surface area contributed by atoms with E-state index in [1.807, 2.05) is 0 Å². The van der Waals surface area contributed by atoms with Gasteiger partial charge < -0.3 is 10.1 Å². The van der Waals surface area contributed by atoms with Crippen molar-refractivity contribution in [2.24, 2.45) is 5.92 Å². The van der Waals surface area contributed by atoms with Crippen LogP contribution in [-0.4, -0.2) is 49.3 Å². The molecule has 2 saturated carbocycles. The Hall–Kier alpha value is -0.120. The van der Waals surface area contributed by atoms with Crippen molar-refractivity contribution in [1.29, 1.82) is 0 Å². The third-order valence-corrected chi connectivity index (χ3v) is 5.94. The van der Waals surface area contributed by atoms with Crippen LogP contribution < -0.4 is 5.32 Å². The summed E-state index contributed by atoms with van der Waals surface area (Å²) < 4.78 is 6.00. The molecular weight excluding hydrogens is 248 g/mol. The fraction of sp³-hybridized carbons (Fsp3) is 1.00. The predicted octanol–water partition coefficient (Wildman–Crippen LogP) is 2.80. The van der Waals surface area contributed by atoms with Crippen LogP contribution in [-0.2, 0) is 4.74 Å². The zero-order valence-electron chi connectivity index (χ0n) is 13.3. The lowest BCUT2D eigenvalue weighted by Crippen LogP contribution is -2.60. The molecule has 2 aliphatic carbocycles. The highest BCUT2D eigenvalue weighted by Gasteiger charge is 2.42. The fourth-order valence-corrected chi connectivity index (χ4v) is 4.97. The van der Waals surface area contributed by atoms with Crippen LogP contribution in [0.2, 0.25) is 0 Å². The van der Waals surface area contributed by atoms with Crippen LogP contribution in [0.25, 0.3) is 0 Å². The molecular formula is C17H32N2O. The number of morpholine rings is 1. The Kier molecular flexibility index (Phi) is 5.00. The molecule has 0 spiro atoms. The maximum absolute atomic E-state index is 6.00. The van der Waals surface area contributed by atoms with Gasteiger partial charge in [0, 0.05) is 24.7 Å². The van der Waals surface area contributed by atoms with E-state index in [4.69, 9.17) is 4.74 Å². The van der Waals surface area contributed by atoms with Crippen molar-refractivity contribution in [2.75, 3.05) is 20.2 Å². The van der Waals surface area contributed by atoms with Crippen LogP contribution in [0.5, 0.6) is 0 Å². The van der Waals surface area contributed by atoms with Crippen LogP contribution >= 0.6 is 0 Å². The standard InChI is InChI=1S/C17H32N2O/c1-3-5-13-8-9-14(18-2)16(12-13)19-10-11-20-17-7-4-6-15(17)19/h13-18H,3-12H2,1-2H3. The molecule has 1 aliphatic heterocycles. The first kappa shape index (κ1) is 14.8. The monoisotopic (exact) mass is 280 g/mol. The first-order valence-corrected chi connectivity index (χ1v) is 8.88. The summed E-state index contributed by atoms with van der Waals surface area (Å²) in [5.41, 5.74) is 0. The van der Waals surface area contributed by atoms with Gasteiger partial charge in [-0.15, -0.1) is 0 Å². The van der Waals surface area contributed by atoms with E-state index >= 15 is 0 Å². The quantitative estimate of drug-likeness (QED) is 0.857. The Balaban J connectivity index is 1.70. The Bertz CT molecular complexity index is 309. The molecule has 3 fully saturated rings. The van der Waals surface area contributed by atoms with Gasteiger partial charge in [0.25, 0.3) is 0 Å². The van der Waals surface area contributed by atoms with Gasteiger partial charge in [0.05, 0.1) is 12.7 Å². The molecule has 0 bridgehead atoms. The minimum absolute atomic E-state index is 0.535. The van der Waals surface area contributed by atoms with E-state index in [2.05, 4.69) is 24.2 Å². The van der Waals surface area contributed by atoms with Gasteiger partial charge >= 0.3 is 0 Å². The molecule has 0 amide bonds. The molecule has 0 radical (unpaired) electrons. The lowest BCUT2D eigenvalue weighted by Gasteiger charge is -2.48. The molecule has 5 unspecified atom stereocenters. The summed E-state index contributed by atoms with van der Waals surface area (Å²) in [6.45, 7) is 4.44. The first-order valence-electron chi connectivity index (χ1n) is 8.88. The van der Waals surface area contributed by atoms with Crippen molar-refractivity contribution < 1.29 is 4.74 Å². The highest BCUT2D eigenvalue weighted by atomic mass is 16.5. The van der Waals surface area contributed by atoms with Gasteiger partial charge in [0.15, 0.2) is 0 Å². The smallest absolute Gasteiger partial charge is 0.0731 e. The maximum atomic E-state index is 6.00. The van der Waals surface area contributed by atoms with Crippen molar-refractivity contribution in [2.45, 2.75) is 82.5 Å². The molecule has 5 atom stereocenters. The van der Waals surface area contributed by atoms with Crippen LogP contribution in [0.3, 0.4) is 0 Å². The van der Waals surface area contributed by atoms with E-state index in [0.29, 0.717) is 18.2 Å². The number of hydrogen-bond acceptors (Lipinski definition) is 3. The number of likely N-dealkylation sites (N-methyl/N-ethyl adjacent to an activating group) is 1. The van der Waals surface area contributed by atoms with Crippen molar-refractivity contribution in [1.82, 2.24) is 10.2 Å². The van der Waals surface area contributed by atoms with Gasteiger partial charge in [-0.1, -0.05) is 19.8 Å². The Morgan fingerprint density at radius 1 is 1.15 bits per heavy atom. The summed E-state index contributed by atoms with van der Waals surface area (Å²) >= 11 is 0. The fourth-order valence-electron chi connectivity index (χ4n) is 4.97. The van der Waals surface area contributed by atoms with Crippen molar-refractivity contribution >= 4 is 0 Å². The molecule has 0 aromatic heterocycles. The van der Waals surface area contributed by atoms with Gasteiger partial charge in [0.1, 0.15) is 0 Å². The lowest BCUT2D eigenvalue weighted by molar-refractivity contribution is -0.0847. The van der Waals surface area contributed by atoms with Crippen LogP contribution in [0.4, 0.5) is 0 Å². The Labute approximate surface area is 124 Å². The van der Waals surface area contributed by atoms with E-state index in [0.717, 1.165) is 25.1 Å². The van der Waals surface area contributed by atoms with Crippen molar-refractivity contribution in [3.8, 4) is 0 Å². The highest BCUT2D eigenvalue weighted by Crippen LogP contribution is 2.37. The molecule has 116 valence electrons. The van der Waals surface area contributed by atoms with Gasteiger partial charge in [-0.2, -0.15) is 0 Å².